The third-order valence-corrected chi connectivity index (χ3v) is 9.03. The SMILES string of the molecule is C=CCn1cc(C(=C)C)c2cc(-c3cnc4cc(C)nn4c3)ccc21.CC.CNC1=C(/C(Cl)=C/C2CC(C)CN2C)C(C)C(C(F)(F)F)=N1. The van der Waals surface area contributed by atoms with E-state index in [1.54, 1.807) is 7.05 Å². The Balaban J connectivity index is 0.000000212. The molecule has 3 aromatic heterocycles. The van der Waals surface area contributed by atoms with Gasteiger partial charge < -0.3 is 9.88 Å². The molecule has 0 spiro atoms. The van der Waals surface area contributed by atoms with Crippen molar-refractivity contribution in [2.24, 2.45) is 16.8 Å². The van der Waals surface area contributed by atoms with E-state index in [2.05, 4.69) is 74.3 Å². The summed E-state index contributed by atoms with van der Waals surface area (Å²) < 4.78 is 43.1. The number of halogens is 4. The number of benzene rings is 1. The van der Waals surface area contributed by atoms with Crippen LogP contribution in [0.2, 0.25) is 0 Å². The van der Waals surface area contributed by atoms with Crippen molar-refractivity contribution in [3.63, 3.8) is 0 Å². The number of fused-ring (bicyclic) bond motifs is 2. The molecule has 6 rings (SSSR count). The Morgan fingerprint density at radius 2 is 1.86 bits per heavy atom. The van der Waals surface area contributed by atoms with Gasteiger partial charge in [0.05, 0.1) is 5.69 Å². The van der Waals surface area contributed by atoms with Gasteiger partial charge in [0.15, 0.2) is 5.65 Å². The second kappa shape index (κ2) is 15.6. The van der Waals surface area contributed by atoms with E-state index in [4.69, 9.17) is 11.6 Å². The molecule has 0 amide bonds. The van der Waals surface area contributed by atoms with Gasteiger partial charge >= 0.3 is 6.18 Å². The normalized spacial score (nSPS) is 19.8. The predicted octanol–water partition coefficient (Wildman–Crippen LogP) is 9.44. The van der Waals surface area contributed by atoms with Gasteiger partial charge in [-0.15, -0.1) is 6.58 Å². The number of nitrogens with one attached hydrogen (secondary N) is 1. The molecule has 7 nitrogen and oxygen atoms in total. The highest BCUT2D eigenvalue weighted by Gasteiger charge is 2.44. The molecule has 0 radical (unpaired) electrons. The third kappa shape index (κ3) is 8.19. The lowest BCUT2D eigenvalue weighted by molar-refractivity contribution is -0.0615. The number of nitrogens with zero attached hydrogens (tertiary/aromatic N) is 6. The number of aliphatic imine (C=N–C) groups is 1. The molecule has 262 valence electrons. The Labute approximate surface area is 292 Å². The van der Waals surface area contributed by atoms with Gasteiger partial charge in [-0.2, -0.15) is 18.3 Å². The van der Waals surface area contributed by atoms with Crippen LogP contribution in [0.4, 0.5) is 13.2 Å². The molecule has 3 atom stereocenters. The second-order valence-electron chi connectivity index (χ2n) is 12.5. The molecular formula is C38H47ClF3N7. The number of allylic oxidation sites excluding steroid dienone is 4. The van der Waals surface area contributed by atoms with E-state index in [-0.39, 0.29) is 11.9 Å². The molecule has 1 saturated heterocycles. The van der Waals surface area contributed by atoms with E-state index in [0.29, 0.717) is 16.5 Å². The molecular weight excluding hydrogens is 647 g/mol. The van der Waals surface area contributed by atoms with Crippen LogP contribution in [0.1, 0.15) is 52.3 Å². The monoisotopic (exact) mass is 693 g/mol. The summed E-state index contributed by atoms with van der Waals surface area (Å²) in [6, 6.07) is 8.61. The molecule has 0 bridgehead atoms. The van der Waals surface area contributed by atoms with Crippen LogP contribution in [0, 0.1) is 18.8 Å². The fourth-order valence-electron chi connectivity index (χ4n) is 6.44. The summed E-state index contributed by atoms with van der Waals surface area (Å²) in [4.78, 5) is 10.4. The van der Waals surface area contributed by atoms with Crippen molar-refractivity contribution in [3.8, 4) is 11.1 Å². The van der Waals surface area contributed by atoms with Crippen LogP contribution >= 0.6 is 11.6 Å². The largest absolute Gasteiger partial charge is 0.430 e. The molecule has 4 aromatic rings. The predicted molar refractivity (Wildman–Crippen MR) is 198 cm³/mol. The topological polar surface area (TPSA) is 62.8 Å². The molecule has 1 N–H and O–H groups in total. The Hall–Kier alpha value is -4.15. The van der Waals surface area contributed by atoms with Crippen molar-refractivity contribution in [3.05, 3.63) is 95.8 Å². The summed E-state index contributed by atoms with van der Waals surface area (Å²) in [6.45, 7) is 21.4. The second-order valence-corrected chi connectivity index (χ2v) is 12.9. The highest BCUT2D eigenvalue weighted by atomic mass is 35.5. The van der Waals surface area contributed by atoms with E-state index in [9.17, 15) is 13.2 Å². The van der Waals surface area contributed by atoms with Crippen molar-refractivity contribution in [2.45, 2.75) is 66.7 Å². The zero-order valence-electron chi connectivity index (χ0n) is 29.7. The number of hydrogen-bond donors (Lipinski definition) is 1. The standard InChI is InChI=1S/C21H20N4.C15H21ClF3N3.C2H6/c1-5-8-24-13-19(14(2)3)18-10-16(6-7-20(18)24)17-11-22-21-9-15(4)23-25(21)12-17;1-8-5-10(22(4)7-8)6-11(16)12-9(2)13(15(17,18)19)21-14(12)20-3;1-2/h5-7,9-13H,1-2,8H2,3-4H3;6,8-10,20H,5,7H2,1-4H3;1-2H3/b;11-6-;. The van der Waals surface area contributed by atoms with E-state index in [1.165, 1.54) is 23.4 Å². The number of rotatable bonds is 7. The van der Waals surface area contributed by atoms with Crippen molar-refractivity contribution in [1.29, 1.82) is 0 Å². The first-order valence-corrected chi connectivity index (χ1v) is 17.0. The number of alkyl halides is 3. The Morgan fingerprint density at radius 3 is 2.45 bits per heavy atom. The first-order valence-electron chi connectivity index (χ1n) is 16.6. The zero-order valence-corrected chi connectivity index (χ0v) is 30.4. The Kier molecular flexibility index (Phi) is 12.0. The summed E-state index contributed by atoms with van der Waals surface area (Å²) in [5, 5.41) is 8.74. The quantitative estimate of drug-likeness (QED) is 0.196. The lowest BCUT2D eigenvalue weighted by Gasteiger charge is -2.18. The van der Waals surface area contributed by atoms with Gasteiger partial charge in [-0.1, -0.05) is 58.0 Å². The van der Waals surface area contributed by atoms with Gasteiger partial charge in [-0.3, -0.25) is 4.90 Å². The van der Waals surface area contributed by atoms with Gasteiger partial charge in [0, 0.05) is 89.4 Å². The average Bonchev–Trinajstić information content (AvgIpc) is 3.79. The first-order chi connectivity index (χ1) is 23.2. The molecule has 1 aromatic carbocycles. The van der Waals surface area contributed by atoms with Crippen molar-refractivity contribution in [1.82, 2.24) is 29.4 Å². The van der Waals surface area contributed by atoms with Crippen LogP contribution in [0.15, 0.2) is 89.6 Å². The molecule has 2 aliphatic rings. The number of aromatic nitrogens is 4. The maximum atomic E-state index is 13.0. The maximum Gasteiger partial charge on any atom is 0.430 e. The number of likely N-dealkylation sites (tertiary alicyclic amines) is 1. The van der Waals surface area contributed by atoms with Crippen LogP contribution < -0.4 is 5.32 Å². The minimum absolute atomic E-state index is 0.148. The van der Waals surface area contributed by atoms with E-state index in [1.807, 2.05) is 69.9 Å². The van der Waals surface area contributed by atoms with Crippen molar-refractivity contribution >= 4 is 39.4 Å². The molecule has 2 aliphatic heterocycles. The fraction of sp³-hybridized carbons (Fsp3) is 0.395. The summed E-state index contributed by atoms with van der Waals surface area (Å²) in [5.41, 5.74) is 7.02. The minimum Gasteiger partial charge on any atom is -0.373 e. The summed E-state index contributed by atoms with van der Waals surface area (Å²) in [6.07, 6.45) is 6.35. The number of hydrogen-bond acceptors (Lipinski definition) is 5. The first kappa shape index (κ1) is 37.7. The highest BCUT2D eigenvalue weighted by molar-refractivity contribution is 6.32. The Bertz CT molecular complexity index is 1930. The van der Waals surface area contributed by atoms with Crippen LogP contribution in [-0.4, -0.2) is 62.6 Å². The molecule has 49 heavy (non-hydrogen) atoms. The van der Waals surface area contributed by atoms with Gasteiger partial charge in [0.1, 0.15) is 11.5 Å². The number of aryl methyl sites for hydroxylation is 1. The molecule has 0 saturated carbocycles. The summed E-state index contributed by atoms with van der Waals surface area (Å²) >= 11 is 6.36. The van der Waals surface area contributed by atoms with Gasteiger partial charge in [0.25, 0.3) is 0 Å². The zero-order chi connectivity index (χ0) is 36.2. The van der Waals surface area contributed by atoms with Crippen LogP contribution in [0.25, 0.3) is 33.3 Å². The molecule has 5 heterocycles. The highest BCUT2D eigenvalue weighted by Crippen LogP contribution is 2.39. The summed E-state index contributed by atoms with van der Waals surface area (Å²) in [7, 11) is 3.55. The summed E-state index contributed by atoms with van der Waals surface area (Å²) in [5.74, 6) is -0.110. The van der Waals surface area contributed by atoms with Crippen molar-refractivity contribution < 1.29 is 13.2 Å². The van der Waals surface area contributed by atoms with E-state index in [0.717, 1.165) is 47.6 Å². The average molecular weight is 694 g/mol. The van der Waals surface area contributed by atoms with Gasteiger partial charge in [-0.25, -0.2) is 14.5 Å². The van der Waals surface area contributed by atoms with E-state index < -0.39 is 17.8 Å². The maximum absolute atomic E-state index is 13.0. The Morgan fingerprint density at radius 1 is 1.14 bits per heavy atom. The van der Waals surface area contributed by atoms with Gasteiger partial charge in [0.2, 0.25) is 0 Å². The van der Waals surface area contributed by atoms with Crippen LogP contribution in [0.5, 0.6) is 0 Å². The fourth-order valence-corrected chi connectivity index (χ4v) is 6.84. The lowest BCUT2D eigenvalue weighted by atomic mass is 9.96. The number of likely N-dealkylation sites (N-methyl/N-ethyl adjacent to an activating group) is 1. The van der Waals surface area contributed by atoms with E-state index >= 15 is 0 Å². The van der Waals surface area contributed by atoms with Crippen LogP contribution in [0.3, 0.4) is 0 Å². The van der Waals surface area contributed by atoms with Gasteiger partial charge in [-0.05, 0) is 62.6 Å². The lowest BCUT2D eigenvalue weighted by Crippen LogP contribution is -2.28. The van der Waals surface area contributed by atoms with Crippen molar-refractivity contribution in [2.75, 3.05) is 20.6 Å². The smallest absolute Gasteiger partial charge is 0.373 e. The van der Waals surface area contributed by atoms with Crippen LogP contribution in [-0.2, 0) is 6.54 Å². The molecule has 1 fully saturated rings. The molecule has 11 heteroatoms. The molecule has 0 aliphatic carbocycles. The third-order valence-electron chi connectivity index (χ3n) is 8.70. The molecule has 3 unspecified atom stereocenters. The minimum atomic E-state index is -4.45.